The maximum absolute atomic E-state index is 13.5. The fraction of sp³-hybridized carbons (Fsp3) is 0.414. The zero-order valence-electron chi connectivity index (χ0n) is 22.5. The number of oxazole rings is 1. The Morgan fingerprint density at radius 3 is 2.62 bits per heavy atom. The molecule has 1 amide bonds. The Hall–Kier alpha value is -3.92. The fourth-order valence-corrected chi connectivity index (χ4v) is 4.71. The minimum Gasteiger partial charge on any atom is -0.497 e. The molecule has 1 aliphatic rings. The molecule has 1 aliphatic heterocycles. The van der Waals surface area contributed by atoms with Crippen LogP contribution >= 0.6 is 0 Å². The molecule has 1 unspecified atom stereocenters. The summed E-state index contributed by atoms with van der Waals surface area (Å²) in [6, 6.07) is 11.9. The van der Waals surface area contributed by atoms with Crippen LogP contribution < -0.4 is 9.47 Å². The van der Waals surface area contributed by atoms with Crippen LogP contribution in [0, 0.1) is 11.7 Å². The van der Waals surface area contributed by atoms with Gasteiger partial charge in [-0.15, -0.1) is 0 Å². The van der Waals surface area contributed by atoms with Gasteiger partial charge in [-0.25, -0.2) is 9.37 Å². The van der Waals surface area contributed by atoms with Gasteiger partial charge in [0.05, 0.1) is 33.3 Å². The van der Waals surface area contributed by atoms with Gasteiger partial charge in [0.25, 0.3) is 5.91 Å². The lowest BCUT2D eigenvalue weighted by atomic mass is 9.98. The molecule has 1 saturated heterocycles. The van der Waals surface area contributed by atoms with Gasteiger partial charge in [-0.1, -0.05) is 12.1 Å². The highest BCUT2D eigenvalue weighted by Crippen LogP contribution is 2.27. The molecule has 1 atom stereocenters. The highest BCUT2D eigenvalue weighted by Gasteiger charge is 2.31. The van der Waals surface area contributed by atoms with Gasteiger partial charge in [-0.2, -0.15) is 0 Å². The first kappa shape index (κ1) is 28.1. The number of rotatable bonds is 11. The number of amides is 1. The quantitative estimate of drug-likeness (QED) is 0.330. The van der Waals surface area contributed by atoms with E-state index in [1.165, 1.54) is 18.4 Å². The molecule has 2 heterocycles. The number of halogens is 1. The minimum atomic E-state index is -0.335. The van der Waals surface area contributed by atoms with Crippen LogP contribution in [-0.4, -0.2) is 60.6 Å². The zero-order chi connectivity index (χ0) is 27.8. The van der Waals surface area contributed by atoms with Gasteiger partial charge >= 0.3 is 5.97 Å². The Morgan fingerprint density at radius 2 is 1.90 bits per heavy atom. The topological polar surface area (TPSA) is 94.3 Å². The van der Waals surface area contributed by atoms with E-state index in [0.717, 1.165) is 11.1 Å². The van der Waals surface area contributed by atoms with Crippen molar-refractivity contribution < 1.29 is 32.6 Å². The van der Waals surface area contributed by atoms with Crippen molar-refractivity contribution in [2.24, 2.45) is 5.92 Å². The number of likely N-dealkylation sites (tertiary alicyclic amines) is 1. The van der Waals surface area contributed by atoms with E-state index >= 15 is 0 Å². The van der Waals surface area contributed by atoms with Crippen LogP contribution in [0.3, 0.4) is 0 Å². The molecular formula is C29H34FN3O6. The summed E-state index contributed by atoms with van der Waals surface area (Å²) in [6.45, 7) is 4.14. The lowest BCUT2D eigenvalue weighted by molar-refractivity contribution is -0.149. The van der Waals surface area contributed by atoms with E-state index in [0.29, 0.717) is 63.0 Å². The monoisotopic (exact) mass is 539 g/mol. The number of carbonyl (C=O) groups excluding carboxylic acids is 2. The second-order valence-electron chi connectivity index (χ2n) is 9.42. The van der Waals surface area contributed by atoms with Crippen LogP contribution in [0.2, 0.25) is 0 Å². The van der Waals surface area contributed by atoms with Crippen molar-refractivity contribution in [1.82, 2.24) is 14.8 Å². The van der Waals surface area contributed by atoms with Gasteiger partial charge in [0.2, 0.25) is 5.89 Å². The molecule has 0 aliphatic carbocycles. The lowest BCUT2D eigenvalue weighted by Gasteiger charge is -2.30. The number of nitrogens with zero attached hydrogens (tertiary/aromatic N) is 3. The van der Waals surface area contributed by atoms with Gasteiger partial charge in [-0.05, 0) is 55.7 Å². The number of hydrogen-bond acceptors (Lipinski definition) is 8. The van der Waals surface area contributed by atoms with Crippen LogP contribution in [-0.2, 0) is 29.2 Å². The maximum Gasteiger partial charge on any atom is 0.310 e. The minimum absolute atomic E-state index is 0.190. The normalized spacial score (nSPS) is 15.3. The molecule has 3 aromatic rings. The third-order valence-corrected chi connectivity index (χ3v) is 6.66. The fourth-order valence-electron chi connectivity index (χ4n) is 4.71. The van der Waals surface area contributed by atoms with Crippen LogP contribution in [0.25, 0.3) is 0 Å². The van der Waals surface area contributed by atoms with Gasteiger partial charge in [0.1, 0.15) is 23.6 Å². The molecule has 208 valence electrons. The molecular weight excluding hydrogens is 505 g/mol. The molecule has 0 saturated carbocycles. The molecule has 1 fully saturated rings. The van der Waals surface area contributed by atoms with E-state index in [1.807, 2.05) is 18.2 Å². The van der Waals surface area contributed by atoms with Crippen molar-refractivity contribution in [3.05, 3.63) is 77.3 Å². The van der Waals surface area contributed by atoms with E-state index in [2.05, 4.69) is 9.88 Å². The summed E-state index contributed by atoms with van der Waals surface area (Å²) in [4.78, 5) is 33.5. The van der Waals surface area contributed by atoms with E-state index in [9.17, 15) is 14.0 Å². The van der Waals surface area contributed by atoms with Gasteiger partial charge < -0.3 is 23.5 Å². The van der Waals surface area contributed by atoms with E-state index in [4.69, 9.17) is 18.6 Å². The third-order valence-electron chi connectivity index (χ3n) is 6.66. The molecule has 1 aromatic heterocycles. The molecule has 10 heteroatoms. The number of benzene rings is 2. The summed E-state index contributed by atoms with van der Waals surface area (Å²) >= 11 is 0. The van der Waals surface area contributed by atoms with Crippen LogP contribution in [0.15, 0.2) is 53.1 Å². The standard InChI is InChI=1S/C29H34FN3O6/c1-4-38-29(35)21-6-5-13-33(17-21)28(34)25-19-39-27(31-25)18-32(15-20-7-9-23(30)10-8-20)16-22-14-24(36-2)11-12-26(22)37-3/h7-12,14,19,21H,4-6,13,15-18H2,1-3H3. The molecule has 0 radical (unpaired) electrons. The first-order valence-corrected chi connectivity index (χ1v) is 13.0. The molecule has 0 spiro atoms. The third kappa shape index (κ3) is 7.35. The van der Waals surface area contributed by atoms with E-state index in [-0.39, 0.29) is 35.9 Å². The molecule has 39 heavy (non-hydrogen) atoms. The number of methoxy groups -OCH3 is 2. The summed E-state index contributed by atoms with van der Waals surface area (Å²) in [5, 5.41) is 0. The van der Waals surface area contributed by atoms with Crippen LogP contribution in [0.1, 0.15) is 47.3 Å². The van der Waals surface area contributed by atoms with Gasteiger partial charge in [-0.3, -0.25) is 14.5 Å². The predicted molar refractivity (Wildman–Crippen MR) is 141 cm³/mol. The molecule has 2 aromatic carbocycles. The second-order valence-corrected chi connectivity index (χ2v) is 9.42. The summed E-state index contributed by atoms with van der Waals surface area (Å²) in [5.41, 5.74) is 1.98. The SMILES string of the molecule is CCOC(=O)C1CCCN(C(=O)c2coc(CN(Cc3ccc(F)cc3)Cc3cc(OC)ccc3OC)n2)C1. The van der Waals surface area contributed by atoms with Crippen molar-refractivity contribution in [2.45, 2.75) is 39.4 Å². The molecule has 0 bridgehead atoms. The number of hydrogen-bond donors (Lipinski definition) is 0. The highest BCUT2D eigenvalue weighted by atomic mass is 19.1. The molecule has 4 rings (SSSR count). The highest BCUT2D eigenvalue weighted by molar-refractivity contribution is 5.92. The lowest BCUT2D eigenvalue weighted by Crippen LogP contribution is -2.43. The molecule has 9 nitrogen and oxygen atoms in total. The largest absolute Gasteiger partial charge is 0.497 e. The molecule has 0 N–H and O–H groups in total. The first-order chi connectivity index (χ1) is 18.9. The van der Waals surface area contributed by atoms with Crippen molar-refractivity contribution in [1.29, 1.82) is 0 Å². The first-order valence-electron chi connectivity index (χ1n) is 13.0. The predicted octanol–water partition coefficient (Wildman–Crippen LogP) is 4.45. The van der Waals surface area contributed by atoms with Crippen molar-refractivity contribution in [3.63, 3.8) is 0 Å². The smallest absolute Gasteiger partial charge is 0.310 e. The number of ether oxygens (including phenoxy) is 3. The number of carbonyl (C=O) groups is 2. The van der Waals surface area contributed by atoms with Crippen molar-refractivity contribution >= 4 is 11.9 Å². The average molecular weight is 540 g/mol. The number of esters is 1. The van der Waals surface area contributed by atoms with Crippen LogP contribution in [0.4, 0.5) is 4.39 Å². The number of aromatic nitrogens is 1. The van der Waals surface area contributed by atoms with E-state index < -0.39 is 0 Å². The second kappa shape index (κ2) is 13.2. The summed E-state index contributed by atoms with van der Waals surface area (Å²) in [7, 11) is 3.21. The Labute approximate surface area is 227 Å². The van der Waals surface area contributed by atoms with Gasteiger partial charge in [0, 0.05) is 31.7 Å². The average Bonchev–Trinajstić information content (AvgIpc) is 3.42. The van der Waals surface area contributed by atoms with Crippen molar-refractivity contribution in [3.8, 4) is 11.5 Å². The Balaban J connectivity index is 1.51. The van der Waals surface area contributed by atoms with Gasteiger partial charge in [0.15, 0.2) is 5.69 Å². The Kier molecular flexibility index (Phi) is 9.54. The van der Waals surface area contributed by atoms with Crippen molar-refractivity contribution in [2.75, 3.05) is 33.9 Å². The number of piperidine rings is 1. The zero-order valence-corrected chi connectivity index (χ0v) is 22.5. The maximum atomic E-state index is 13.5. The Morgan fingerprint density at radius 1 is 1.10 bits per heavy atom. The summed E-state index contributed by atoms with van der Waals surface area (Å²) < 4.78 is 35.3. The summed E-state index contributed by atoms with van der Waals surface area (Å²) in [6.07, 6.45) is 2.76. The Bertz CT molecular complexity index is 1260. The van der Waals surface area contributed by atoms with Crippen LogP contribution in [0.5, 0.6) is 11.5 Å². The summed E-state index contributed by atoms with van der Waals surface area (Å²) in [5.74, 6) is 0.556. The van der Waals surface area contributed by atoms with E-state index in [1.54, 1.807) is 38.2 Å².